The number of fused-ring (bicyclic) bond motifs is 1. The van der Waals surface area contributed by atoms with Crippen LogP contribution < -0.4 is 15.0 Å². The number of ether oxygens (including phenoxy) is 2. The fourth-order valence-corrected chi connectivity index (χ4v) is 5.05. The summed E-state index contributed by atoms with van der Waals surface area (Å²) in [4.78, 5) is 19.6. The Morgan fingerprint density at radius 3 is 2.89 bits per heavy atom. The van der Waals surface area contributed by atoms with Crippen LogP contribution in [0.3, 0.4) is 0 Å². The van der Waals surface area contributed by atoms with E-state index in [2.05, 4.69) is 15.2 Å². The van der Waals surface area contributed by atoms with E-state index in [1.807, 2.05) is 12.1 Å². The summed E-state index contributed by atoms with van der Waals surface area (Å²) >= 11 is 1.39. The van der Waals surface area contributed by atoms with E-state index in [0.717, 1.165) is 54.7 Å². The molecule has 2 atom stereocenters. The first-order valence-electron chi connectivity index (χ1n) is 9.94. The third kappa shape index (κ3) is 3.94. The number of hydrogen-bond acceptors (Lipinski definition) is 7. The Morgan fingerprint density at radius 1 is 1.36 bits per heavy atom. The van der Waals surface area contributed by atoms with E-state index in [9.17, 15) is 9.90 Å². The van der Waals surface area contributed by atoms with Gasteiger partial charge in [0.15, 0.2) is 5.01 Å². The molecule has 1 amide bonds. The topological polar surface area (TPSA) is 83.9 Å². The van der Waals surface area contributed by atoms with Crippen LogP contribution in [-0.4, -0.2) is 62.1 Å². The fraction of sp³-hybridized carbons (Fsp3) is 0.600. The monoisotopic (exact) mass is 405 g/mol. The normalized spacial score (nSPS) is 23.0. The van der Waals surface area contributed by atoms with Crippen LogP contribution in [0.25, 0.3) is 10.2 Å². The lowest BCUT2D eigenvalue weighted by atomic mass is 9.86. The number of aliphatic hydroxyl groups excluding tert-OH is 1. The summed E-state index contributed by atoms with van der Waals surface area (Å²) in [5.74, 6) is 0.615. The first kappa shape index (κ1) is 19.4. The van der Waals surface area contributed by atoms with Crippen LogP contribution in [0, 0.1) is 5.92 Å². The number of benzene rings is 1. The maximum atomic E-state index is 12.7. The quantitative estimate of drug-likeness (QED) is 0.795. The van der Waals surface area contributed by atoms with E-state index in [4.69, 9.17) is 9.47 Å². The molecule has 1 saturated carbocycles. The first-order valence-corrected chi connectivity index (χ1v) is 10.8. The molecule has 152 valence electrons. The molecule has 2 N–H and O–H groups in total. The average Bonchev–Trinajstić information content (AvgIpc) is 3.18. The van der Waals surface area contributed by atoms with Gasteiger partial charge < -0.3 is 24.8 Å². The fourth-order valence-electron chi connectivity index (χ4n) is 4.01. The van der Waals surface area contributed by atoms with Gasteiger partial charge in [0.05, 0.1) is 36.8 Å². The van der Waals surface area contributed by atoms with Gasteiger partial charge in [-0.3, -0.25) is 4.79 Å². The van der Waals surface area contributed by atoms with Gasteiger partial charge in [0.1, 0.15) is 11.3 Å². The van der Waals surface area contributed by atoms with Crippen molar-refractivity contribution in [1.82, 2.24) is 10.3 Å². The van der Waals surface area contributed by atoms with Crippen LogP contribution in [0.1, 0.15) is 35.5 Å². The summed E-state index contributed by atoms with van der Waals surface area (Å²) < 4.78 is 11.9. The smallest absolute Gasteiger partial charge is 0.280 e. The van der Waals surface area contributed by atoms with Gasteiger partial charge in [-0.05, 0) is 25.0 Å². The highest BCUT2D eigenvalue weighted by atomic mass is 32.1. The van der Waals surface area contributed by atoms with Crippen LogP contribution in [0.15, 0.2) is 12.1 Å². The van der Waals surface area contributed by atoms with Gasteiger partial charge >= 0.3 is 0 Å². The summed E-state index contributed by atoms with van der Waals surface area (Å²) in [7, 11) is 1.62. The molecule has 4 rings (SSSR count). The van der Waals surface area contributed by atoms with Crippen molar-refractivity contribution in [2.24, 2.45) is 5.92 Å². The van der Waals surface area contributed by atoms with Gasteiger partial charge in [-0.25, -0.2) is 4.98 Å². The van der Waals surface area contributed by atoms with Crippen molar-refractivity contribution in [2.45, 2.75) is 31.8 Å². The molecular weight excluding hydrogens is 378 g/mol. The highest BCUT2D eigenvalue weighted by molar-refractivity contribution is 7.21. The third-order valence-electron chi connectivity index (χ3n) is 5.65. The zero-order valence-electron chi connectivity index (χ0n) is 16.1. The lowest BCUT2D eigenvalue weighted by Crippen LogP contribution is -2.36. The Labute approximate surface area is 168 Å². The largest absolute Gasteiger partial charge is 0.494 e. The minimum atomic E-state index is -0.322. The highest BCUT2D eigenvalue weighted by Gasteiger charge is 2.25. The molecule has 1 aromatic carbocycles. The summed E-state index contributed by atoms with van der Waals surface area (Å²) in [5.41, 5.74) is 1.79. The van der Waals surface area contributed by atoms with Gasteiger partial charge in [-0.2, -0.15) is 0 Å². The number of rotatable bonds is 5. The second kappa shape index (κ2) is 8.63. The molecule has 0 radical (unpaired) electrons. The molecule has 7 nitrogen and oxygen atoms in total. The summed E-state index contributed by atoms with van der Waals surface area (Å²) in [6.45, 7) is 3.52. The average molecular weight is 406 g/mol. The molecule has 2 heterocycles. The molecule has 1 aliphatic heterocycles. The van der Waals surface area contributed by atoms with Crippen molar-refractivity contribution < 1.29 is 19.4 Å². The Hall–Kier alpha value is -1.90. The van der Waals surface area contributed by atoms with Crippen LogP contribution >= 0.6 is 11.3 Å². The van der Waals surface area contributed by atoms with Gasteiger partial charge in [-0.15, -0.1) is 11.3 Å². The van der Waals surface area contributed by atoms with Crippen molar-refractivity contribution in [3.8, 4) is 5.75 Å². The van der Waals surface area contributed by atoms with Gasteiger partial charge in [-0.1, -0.05) is 12.8 Å². The molecule has 2 aliphatic rings. The number of nitrogens with zero attached hydrogens (tertiary/aromatic N) is 2. The minimum absolute atomic E-state index is 0.130. The SMILES string of the molecule is COc1ccc(N2CCOCC2)c2sc(C(=O)NC[C@H]3CCCC[C@H]3O)nc12. The molecule has 0 bridgehead atoms. The van der Waals surface area contributed by atoms with Crippen LogP contribution in [0.5, 0.6) is 5.75 Å². The molecular formula is C20H27N3O4S. The first-order chi connectivity index (χ1) is 13.7. The number of nitrogens with one attached hydrogen (secondary N) is 1. The van der Waals surface area contributed by atoms with E-state index in [1.165, 1.54) is 11.3 Å². The zero-order chi connectivity index (χ0) is 19.5. The van der Waals surface area contributed by atoms with E-state index in [1.54, 1.807) is 7.11 Å². The van der Waals surface area contributed by atoms with Gasteiger partial charge in [0.2, 0.25) is 0 Å². The van der Waals surface area contributed by atoms with Crippen molar-refractivity contribution in [3.05, 3.63) is 17.1 Å². The number of amides is 1. The lowest BCUT2D eigenvalue weighted by molar-refractivity contribution is 0.0663. The Kier molecular flexibility index (Phi) is 5.99. The van der Waals surface area contributed by atoms with Gasteiger partial charge in [0, 0.05) is 25.6 Å². The number of aliphatic hydroxyl groups is 1. The van der Waals surface area contributed by atoms with E-state index in [0.29, 0.717) is 30.5 Å². The number of morpholine rings is 1. The molecule has 0 spiro atoms. The second-order valence-corrected chi connectivity index (χ2v) is 8.40. The summed E-state index contributed by atoms with van der Waals surface area (Å²) in [6.07, 6.45) is 3.63. The Balaban J connectivity index is 1.56. The second-order valence-electron chi connectivity index (χ2n) is 7.41. The number of aromatic nitrogens is 1. The molecule has 1 aromatic heterocycles. The maximum absolute atomic E-state index is 12.7. The standard InChI is InChI=1S/C20H27N3O4S/c1-26-16-7-6-14(23-8-10-27-11-9-23)18-17(16)22-20(28-18)19(25)21-12-13-4-2-3-5-15(13)24/h6-7,13,15,24H,2-5,8-12H2,1H3,(H,21,25)/t13-,15-/m1/s1. The minimum Gasteiger partial charge on any atom is -0.494 e. The molecule has 2 fully saturated rings. The molecule has 8 heteroatoms. The van der Waals surface area contributed by atoms with Crippen molar-refractivity contribution in [3.63, 3.8) is 0 Å². The number of methoxy groups -OCH3 is 1. The van der Waals surface area contributed by atoms with Crippen molar-refractivity contribution in [2.75, 3.05) is 44.9 Å². The number of thiazole rings is 1. The maximum Gasteiger partial charge on any atom is 0.280 e. The van der Waals surface area contributed by atoms with Crippen LogP contribution in [0.4, 0.5) is 5.69 Å². The van der Waals surface area contributed by atoms with Crippen LogP contribution in [-0.2, 0) is 4.74 Å². The predicted molar refractivity (Wildman–Crippen MR) is 110 cm³/mol. The number of hydrogen-bond donors (Lipinski definition) is 2. The summed E-state index contributed by atoms with van der Waals surface area (Å²) in [5, 5.41) is 13.5. The number of carbonyl (C=O) groups excluding carboxylic acids is 1. The molecule has 28 heavy (non-hydrogen) atoms. The van der Waals surface area contributed by atoms with Crippen LogP contribution in [0.2, 0.25) is 0 Å². The van der Waals surface area contributed by atoms with E-state index >= 15 is 0 Å². The molecule has 2 aromatic rings. The highest BCUT2D eigenvalue weighted by Crippen LogP contribution is 2.38. The number of anilines is 1. The lowest BCUT2D eigenvalue weighted by Gasteiger charge is -2.29. The molecule has 1 saturated heterocycles. The van der Waals surface area contributed by atoms with Gasteiger partial charge in [0.25, 0.3) is 5.91 Å². The van der Waals surface area contributed by atoms with E-state index in [-0.39, 0.29) is 17.9 Å². The predicted octanol–water partition coefficient (Wildman–Crippen LogP) is 2.42. The number of carbonyl (C=O) groups is 1. The Morgan fingerprint density at radius 2 is 2.14 bits per heavy atom. The van der Waals surface area contributed by atoms with Crippen molar-refractivity contribution >= 4 is 33.1 Å². The van der Waals surface area contributed by atoms with Crippen molar-refractivity contribution in [1.29, 1.82) is 0 Å². The molecule has 0 unspecified atom stereocenters. The van der Waals surface area contributed by atoms with E-state index < -0.39 is 0 Å². The molecule has 1 aliphatic carbocycles. The summed E-state index contributed by atoms with van der Waals surface area (Å²) in [6, 6.07) is 3.94. The Bertz CT molecular complexity index is 834. The zero-order valence-corrected chi connectivity index (χ0v) is 17.0. The third-order valence-corrected chi connectivity index (χ3v) is 6.72.